The van der Waals surface area contributed by atoms with E-state index in [0.29, 0.717) is 19.3 Å². The summed E-state index contributed by atoms with van der Waals surface area (Å²) in [6.07, 6.45) is 83.2. The molecule has 0 spiro atoms. The highest BCUT2D eigenvalue weighted by molar-refractivity contribution is 5.71. The van der Waals surface area contributed by atoms with Crippen LogP contribution < -0.4 is 0 Å². The molecule has 1 unspecified atom stereocenters. The van der Waals surface area contributed by atoms with E-state index in [0.717, 1.165) is 77.0 Å². The number of hydrogen-bond donors (Lipinski definition) is 0. The maximum atomic E-state index is 12.9. The van der Waals surface area contributed by atoms with Gasteiger partial charge in [0, 0.05) is 19.3 Å². The average molecular weight is 1100 g/mol. The first-order valence-electron chi connectivity index (χ1n) is 35.0. The van der Waals surface area contributed by atoms with Crippen LogP contribution in [0.3, 0.4) is 0 Å². The van der Waals surface area contributed by atoms with Crippen LogP contribution in [0.4, 0.5) is 0 Å². The van der Waals surface area contributed by atoms with Crippen molar-refractivity contribution in [3.05, 3.63) is 36.5 Å². The summed E-state index contributed by atoms with van der Waals surface area (Å²) in [6.45, 7) is 6.68. The Balaban J connectivity index is 4.18. The van der Waals surface area contributed by atoms with Crippen molar-refractivity contribution < 1.29 is 28.6 Å². The van der Waals surface area contributed by atoms with Crippen molar-refractivity contribution in [2.75, 3.05) is 13.2 Å². The fourth-order valence-electron chi connectivity index (χ4n) is 10.6. The topological polar surface area (TPSA) is 78.9 Å². The van der Waals surface area contributed by atoms with Gasteiger partial charge in [-0.1, -0.05) is 346 Å². The summed E-state index contributed by atoms with van der Waals surface area (Å²) < 4.78 is 16.9. The first-order chi connectivity index (χ1) is 38.5. The van der Waals surface area contributed by atoms with Crippen molar-refractivity contribution in [3.63, 3.8) is 0 Å². The van der Waals surface area contributed by atoms with Crippen molar-refractivity contribution in [3.8, 4) is 0 Å². The summed E-state index contributed by atoms with van der Waals surface area (Å²) in [6, 6.07) is 0. The van der Waals surface area contributed by atoms with Crippen LogP contribution in [-0.4, -0.2) is 37.2 Å². The summed E-state index contributed by atoms with van der Waals surface area (Å²) in [7, 11) is 0. The van der Waals surface area contributed by atoms with Crippen LogP contribution in [0.25, 0.3) is 0 Å². The zero-order chi connectivity index (χ0) is 56.4. The molecule has 0 N–H and O–H groups in total. The van der Waals surface area contributed by atoms with Gasteiger partial charge in [0.25, 0.3) is 0 Å². The van der Waals surface area contributed by atoms with Gasteiger partial charge in [-0.15, -0.1) is 0 Å². The van der Waals surface area contributed by atoms with E-state index in [9.17, 15) is 14.4 Å². The minimum absolute atomic E-state index is 0.0722. The SMILES string of the molecule is CCCCCCC/C=C\C/C=C\C/C=C\CCCCCCCCC(=O)OC(COC(=O)CCCCCCCCCCCCC)COC(=O)CCCCCCCCCCCCCCCCCCCCCCCCCCCCCC. The van der Waals surface area contributed by atoms with Gasteiger partial charge in [0.1, 0.15) is 13.2 Å². The summed E-state index contributed by atoms with van der Waals surface area (Å²) in [5, 5.41) is 0. The summed E-state index contributed by atoms with van der Waals surface area (Å²) in [4.78, 5) is 38.3. The third kappa shape index (κ3) is 64.5. The third-order valence-electron chi connectivity index (χ3n) is 15.9. The molecule has 1 atom stereocenters. The molecule has 0 aliphatic heterocycles. The second-order valence-corrected chi connectivity index (χ2v) is 23.8. The zero-order valence-corrected chi connectivity index (χ0v) is 52.7. The molecule has 0 aromatic heterocycles. The van der Waals surface area contributed by atoms with Crippen molar-refractivity contribution in [1.29, 1.82) is 0 Å². The van der Waals surface area contributed by atoms with E-state index in [1.54, 1.807) is 0 Å². The fraction of sp³-hybridized carbons (Fsp3) is 0.875. The van der Waals surface area contributed by atoms with E-state index >= 15 is 0 Å². The number of ether oxygens (including phenoxy) is 3. The Morgan fingerprint density at radius 3 is 0.718 bits per heavy atom. The molecule has 0 aromatic rings. The molecule has 0 rings (SSSR count). The quantitative estimate of drug-likeness (QED) is 0.0261. The lowest BCUT2D eigenvalue weighted by atomic mass is 10.0. The van der Waals surface area contributed by atoms with Crippen molar-refractivity contribution in [2.45, 2.75) is 393 Å². The number of carbonyl (C=O) groups excluding carboxylic acids is 3. The molecule has 0 aliphatic rings. The molecule has 0 aliphatic carbocycles. The van der Waals surface area contributed by atoms with Crippen molar-refractivity contribution in [1.82, 2.24) is 0 Å². The Labute approximate surface area is 486 Å². The number of carbonyl (C=O) groups is 3. The van der Waals surface area contributed by atoms with Crippen LogP contribution in [0.1, 0.15) is 387 Å². The highest BCUT2D eigenvalue weighted by atomic mass is 16.6. The first kappa shape index (κ1) is 75.6. The molecule has 0 saturated carbocycles. The fourth-order valence-corrected chi connectivity index (χ4v) is 10.6. The second kappa shape index (κ2) is 67.1. The molecule has 6 nitrogen and oxygen atoms in total. The molecule has 0 radical (unpaired) electrons. The van der Waals surface area contributed by atoms with Gasteiger partial charge in [0.05, 0.1) is 0 Å². The maximum absolute atomic E-state index is 12.9. The largest absolute Gasteiger partial charge is 0.462 e. The molecule has 78 heavy (non-hydrogen) atoms. The van der Waals surface area contributed by atoms with E-state index in [2.05, 4.69) is 57.2 Å². The van der Waals surface area contributed by atoms with Gasteiger partial charge in [0.15, 0.2) is 6.10 Å². The molecule has 458 valence electrons. The normalized spacial score (nSPS) is 12.2. The van der Waals surface area contributed by atoms with Gasteiger partial charge >= 0.3 is 17.9 Å². The Morgan fingerprint density at radius 1 is 0.256 bits per heavy atom. The Kier molecular flexibility index (Phi) is 65.1. The van der Waals surface area contributed by atoms with Crippen molar-refractivity contribution >= 4 is 17.9 Å². The molecule has 0 fully saturated rings. The summed E-state index contributed by atoms with van der Waals surface area (Å²) >= 11 is 0. The van der Waals surface area contributed by atoms with Crippen LogP contribution in [0.2, 0.25) is 0 Å². The molecular weight excluding hydrogens is 961 g/mol. The monoisotopic (exact) mass is 1100 g/mol. The minimum atomic E-state index is -0.776. The van der Waals surface area contributed by atoms with Gasteiger partial charge in [0.2, 0.25) is 0 Å². The van der Waals surface area contributed by atoms with E-state index in [1.807, 2.05) is 0 Å². The highest BCUT2D eigenvalue weighted by Crippen LogP contribution is 2.18. The number of unbranched alkanes of at least 4 members (excludes halogenated alkanes) is 48. The van der Waals surface area contributed by atoms with E-state index in [-0.39, 0.29) is 31.1 Å². The van der Waals surface area contributed by atoms with Gasteiger partial charge in [-0.25, -0.2) is 0 Å². The van der Waals surface area contributed by atoms with Gasteiger partial charge in [-0.2, -0.15) is 0 Å². The van der Waals surface area contributed by atoms with Gasteiger partial charge in [-0.05, 0) is 57.8 Å². The summed E-state index contributed by atoms with van der Waals surface area (Å²) in [5.74, 6) is -0.859. The Bertz CT molecular complexity index is 1300. The first-order valence-corrected chi connectivity index (χ1v) is 35.0. The second-order valence-electron chi connectivity index (χ2n) is 23.8. The minimum Gasteiger partial charge on any atom is -0.462 e. The van der Waals surface area contributed by atoms with Crippen LogP contribution >= 0.6 is 0 Å². The number of esters is 3. The van der Waals surface area contributed by atoms with Gasteiger partial charge < -0.3 is 14.2 Å². The highest BCUT2D eigenvalue weighted by Gasteiger charge is 2.19. The number of rotatable bonds is 65. The number of allylic oxidation sites excluding steroid dienone is 6. The molecule has 0 heterocycles. The predicted octanol–water partition coefficient (Wildman–Crippen LogP) is 23.9. The van der Waals surface area contributed by atoms with Crippen LogP contribution in [-0.2, 0) is 28.6 Å². The lowest BCUT2D eigenvalue weighted by Crippen LogP contribution is -2.30. The van der Waals surface area contributed by atoms with Gasteiger partial charge in [-0.3, -0.25) is 14.4 Å². The molecule has 0 aromatic carbocycles. The van der Waals surface area contributed by atoms with E-state index in [4.69, 9.17) is 14.2 Å². The lowest BCUT2D eigenvalue weighted by Gasteiger charge is -2.18. The van der Waals surface area contributed by atoms with Crippen LogP contribution in [0.15, 0.2) is 36.5 Å². The average Bonchev–Trinajstić information content (AvgIpc) is 3.44. The van der Waals surface area contributed by atoms with Crippen LogP contribution in [0, 0.1) is 0 Å². The lowest BCUT2D eigenvalue weighted by molar-refractivity contribution is -0.167. The Morgan fingerprint density at radius 2 is 0.462 bits per heavy atom. The zero-order valence-electron chi connectivity index (χ0n) is 52.7. The van der Waals surface area contributed by atoms with E-state index in [1.165, 1.54) is 270 Å². The van der Waals surface area contributed by atoms with Crippen LogP contribution in [0.5, 0.6) is 0 Å². The molecule has 0 amide bonds. The predicted molar refractivity (Wildman–Crippen MR) is 339 cm³/mol. The molecule has 0 saturated heterocycles. The molecular formula is C72H134O6. The smallest absolute Gasteiger partial charge is 0.306 e. The number of hydrogen-bond acceptors (Lipinski definition) is 6. The van der Waals surface area contributed by atoms with E-state index < -0.39 is 6.10 Å². The standard InChI is InChI=1S/C72H134O6/c1-4-7-10-13-16-19-22-24-26-28-30-32-33-34-35-36-37-38-40-41-43-45-47-50-53-56-59-62-65-71(74)77-68-69(67-76-70(73)64-61-58-55-52-49-21-18-15-12-9-6-3)78-72(75)66-63-60-57-54-51-48-46-44-42-39-31-29-27-25-23-20-17-14-11-8-5-2/h23,25,29,31,42,44,69H,4-22,24,26-28,30,32-41,43,45-68H2,1-3H3/b25-23-,31-29-,44-42-. The molecule has 0 bridgehead atoms. The maximum Gasteiger partial charge on any atom is 0.306 e. The van der Waals surface area contributed by atoms with Crippen molar-refractivity contribution in [2.24, 2.45) is 0 Å². The molecule has 6 heteroatoms. The third-order valence-corrected chi connectivity index (χ3v) is 15.9. The Hall–Kier alpha value is -2.37. The summed E-state index contributed by atoms with van der Waals surface area (Å²) in [5.41, 5.74) is 0.